The summed E-state index contributed by atoms with van der Waals surface area (Å²) in [5.41, 5.74) is 1.25. The molecule has 2 amide bonds. The highest BCUT2D eigenvalue weighted by molar-refractivity contribution is 7.71. The van der Waals surface area contributed by atoms with Crippen LogP contribution >= 0.6 is 23.6 Å². The van der Waals surface area contributed by atoms with Gasteiger partial charge < -0.3 is 10.1 Å². The number of nitrogens with one attached hydrogen (secondary N) is 2. The summed E-state index contributed by atoms with van der Waals surface area (Å²) in [4.78, 5) is 26.6. The molecule has 1 aromatic carbocycles. The summed E-state index contributed by atoms with van der Waals surface area (Å²) in [6.07, 6.45) is -0.471. The van der Waals surface area contributed by atoms with E-state index in [1.165, 1.54) is 23.3 Å². The average Bonchev–Trinajstić information content (AvgIpc) is 3.36. The molecule has 1 atom stereocenters. The second kappa shape index (κ2) is 8.36. The average molecular weight is 418 g/mol. The van der Waals surface area contributed by atoms with Crippen molar-refractivity contribution in [3.05, 3.63) is 46.5 Å². The van der Waals surface area contributed by atoms with Gasteiger partial charge >= 0.3 is 6.09 Å². The zero-order valence-corrected chi connectivity index (χ0v) is 17.1. The van der Waals surface area contributed by atoms with E-state index in [4.69, 9.17) is 12.2 Å². The third-order valence-corrected chi connectivity index (χ3v) is 5.34. The Bertz CT molecular complexity index is 1020. The van der Waals surface area contributed by atoms with Crippen LogP contribution in [0.15, 0.2) is 41.8 Å². The van der Waals surface area contributed by atoms with Gasteiger partial charge in [0.15, 0.2) is 10.6 Å². The van der Waals surface area contributed by atoms with Crippen LogP contribution in [0.2, 0.25) is 0 Å². The van der Waals surface area contributed by atoms with Crippen molar-refractivity contribution in [1.29, 1.82) is 0 Å². The Kier molecular flexibility index (Phi) is 5.90. The maximum absolute atomic E-state index is 12.8. The highest BCUT2D eigenvalue weighted by atomic mass is 32.1. The first kappa shape index (κ1) is 19.8. The monoisotopic (exact) mass is 417 g/mol. The third-order valence-electron chi connectivity index (χ3n) is 4.18. The Morgan fingerprint density at radius 1 is 1.32 bits per heavy atom. The second-order valence-electron chi connectivity index (χ2n) is 5.94. The molecule has 8 nitrogen and oxygen atoms in total. The van der Waals surface area contributed by atoms with Crippen molar-refractivity contribution in [2.75, 3.05) is 24.4 Å². The summed E-state index contributed by atoms with van der Waals surface area (Å²) < 4.78 is 6.75. The lowest BCUT2D eigenvalue weighted by Gasteiger charge is -2.17. The number of nitrogens with zero attached hydrogens (tertiary/aromatic N) is 3. The number of methoxy groups -OCH3 is 1. The van der Waals surface area contributed by atoms with Crippen LogP contribution in [0.4, 0.5) is 16.2 Å². The summed E-state index contributed by atoms with van der Waals surface area (Å²) in [7, 11) is 2.93. The van der Waals surface area contributed by atoms with Crippen LogP contribution in [0.1, 0.15) is 13.0 Å². The molecular formula is C18H19N5O3S2. The van der Waals surface area contributed by atoms with Gasteiger partial charge in [0.1, 0.15) is 6.04 Å². The number of aromatic nitrogens is 3. The van der Waals surface area contributed by atoms with Crippen LogP contribution in [0, 0.1) is 4.77 Å². The molecule has 10 heteroatoms. The Morgan fingerprint density at radius 2 is 2.04 bits per heavy atom. The summed E-state index contributed by atoms with van der Waals surface area (Å²) >= 11 is 6.83. The summed E-state index contributed by atoms with van der Waals surface area (Å²) in [6.45, 7) is 1.76. The van der Waals surface area contributed by atoms with Gasteiger partial charge in [0.2, 0.25) is 5.91 Å². The minimum absolute atomic E-state index is 0.232. The molecule has 2 aromatic heterocycles. The molecule has 0 saturated carbocycles. The van der Waals surface area contributed by atoms with E-state index in [0.717, 1.165) is 4.88 Å². The zero-order chi connectivity index (χ0) is 20.3. The number of ether oxygens (including phenoxy) is 1. The molecule has 28 heavy (non-hydrogen) atoms. The van der Waals surface area contributed by atoms with Gasteiger partial charge in [0.25, 0.3) is 0 Å². The first-order valence-corrected chi connectivity index (χ1v) is 9.64. The number of carbonyl (C=O) groups is 2. The Balaban J connectivity index is 1.76. The normalized spacial score (nSPS) is 11.7. The molecule has 3 rings (SSSR count). The molecule has 0 bridgehead atoms. The fourth-order valence-corrected chi connectivity index (χ4v) is 3.62. The number of hydrogen-bond acceptors (Lipinski definition) is 6. The minimum Gasteiger partial charge on any atom is -0.452 e. The quantitative estimate of drug-likeness (QED) is 0.611. The zero-order valence-electron chi connectivity index (χ0n) is 15.5. The lowest BCUT2D eigenvalue weighted by molar-refractivity contribution is -0.118. The molecule has 0 saturated heterocycles. The van der Waals surface area contributed by atoms with E-state index < -0.39 is 12.1 Å². The fraction of sp³-hybridized carbons (Fsp3) is 0.222. The molecule has 0 aliphatic rings. The van der Waals surface area contributed by atoms with Gasteiger partial charge in [-0.1, -0.05) is 6.07 Å². The minimum atomic E-state index is -0.569. The van der Waals surface area contributed by atoms with Crippen LogP contribution in [0.25, 0.3) is 10.7 Å². The highest BCUT2D eigenvalue weighted by Crippen LogP contribution is 2.26. The maximum Gasteiger partial charge on any atom is 0.413 e. The number of rotatable bonds is 5. The fourth-order valence-electron chi connectivity index (χ4n) is 2.62. The lowest BCUT2D eigenvalue weighted by atomic mass is 10.2. The van der Waals surface area contributed by atoms with Crippen molar-refractivity contribution in [3.8, 4) is 10.7 Å². The van der Waals surface area contributed by atoms with Gasteiger partial charge in [-0.25, -0.2) is 4.79 Å². The molecular weight excluding hydrogens is 398 g/mol. The van der Waals surface area contributed by atoms with Crippen molar-refractivity contribution >= 4 is 46.9 Å². The first-order valence-electron chi connectivity index (χ1n) is 8.35. The van der Waals surface area contributed by atoms with Gasteiger partial charge in [0.05, 0.1) is 12.0 Å². The molecule has 0 aliphatic carbocycles. The van der Waals surface area contributed by atoms with Gasteiger partial charge in [-0.15, -0.1) is 11.3 Å². The number of benzene rings is 1. The van der Waals surface area contributed by atoms with Crippen LogP contribution in [-0.2, 0) is 9.53 Å². The molecule has 2 N–H and O–H groups in total. The summed E-state index contributed by atoms with van der Waals surface area (Å²) in [5, 5.41) is 11.8. The molecule has 0 radical (unpaired) electrons. The highest BCUT2D eigenvalue weighted by Gasteiger charge is 2.21. The number of amides is 2. The van der Waals surface area contributed by atoms with E-state index in [1.54, 1.807) is 42.8 Å². The van der Waals surface area contributed by atoms with Crippen LogP contribution < -0.4 is 10.2 Å². The number of thiophene rings is 1. The van der Waals surface area contributed by atoms with Crippen LogP contribution in [0.5, 0.6) is 0 Å². The smallest absolute Gasteiger partial charge is 0.413 e. The Morgan fingerprint density at radius 3 is 2.64 bits per heavy atom. The summed E-state index contributed by atoms with van der Waals surface area (Å²) in [6, 6.07) is 10.1. The molecule has 0 fully saturated rings. The molecule has 0 spiro atoms. The lowest BCUT2D eigenvalue weighted by Crippen LogP contribution is -2.26. The molecule has 3 aromatic rings. The number of anilines is 2. The number of H-pyrrole nitrogens is 1. The summed E-state index contributed by atoms with van der Waals surface area (Å²) in [5.74, 6) is 0.391. The van der Waals surface area contributed by atoms with Crippen molar-refractivity contribution < 1.29 is 14.3 Å². The van der Waals surface area contributed by atoms with E-state index in [9.17, 15) is 9.59 Å². The Hall–Kier alpha value is -2.98. The van der Waals surface area contributed by atoms with Crippen molar-refractivity contribution in [2.45, 2.75) is 13.0 Å². The van der Waals surface area contributed by atoms with E-state index in [1.807, 2.05) is 17.5 Å². The predicted molar refractivity (Wildman–Crippen MR) is 111 cm³/mol. The number of aromatic amines is 1. The SMILES string of the molecule is COC(=O)N(C)c1ccc(NC(=O)C(C)n2c(-c3cccs3)n[nH]c2=S)cc1. The Labute approximate surface area is 170 Å². The molecule has 1 unspecified atom stereocenters. The van der Waals surface area contributed by atoms with E-state index in [-0.39, 0.29) is 5.91 Å². The van der Waals surface area contributed by atoms with E-state index >= 15 is 0 Å². The van der Waals surface area contributed by atoms with Gasteiger partial charge in [-0.3, -0.25) is 19.4 Å². The van der Waals surface area contributed by atoms with Gasteiger partial charge in [-0.2, -0.15) is 5.10 Å². The first-order chi connectivity index (χ1) is 13.4. The van der Waals surface area contributed by atoms with Gasteiger partial charge in [0, 0.05) is 18.4 Å². The van der Waals surface area contributed by atoms with Crippen molar-refractivity contribution in [1.82, 2.24) is 14.8 Å². The van der Waals surface area contributed by atoms with Crippen LogP contribution in [0.3, 0.4) is 0 Å². The third kappa shape index (κ3) is 3.97. The van der Waals surface area contributed by atoms with Gasteiger partial charge in [-0.05, 0) is 54.9 Å². The standard InChI is InChI=1S/C18H19N5O3S2/c1-11(23-15(20-21-17(23)27)14-5-4-10-28-14)16(24)19-12-6-8-13(9-7-12)22(2)18(25)26-3/h4-11H,1-3H3,(H,19,24)(H,21,27). The molecule has 146 valence electrons. The largest absolute Gasteiger partial charge is 0.452 e. The van der Waals surface area contributed by atoms with Crippen molar-refractivity contribution in [3.63, 3.8) is 0 Å². The van der Waals surface area contributed by atoms with E-state index in [0.29, 0.717) is 22.0 Å². The predicted octanol–water partition coefficient (Wildman–Crippen LogP) is 4.07. The van der Waals surface area contributed by atoms with E-state index in [2.05, 4.69) is 20.3 Å². The number of carbonyl (C=O) groups excluding carboxylic acids is 2. The maximum atomic E-state index is 12.8. The number of hydrogen-bond donors (Lipinski definition) is 2. The second-order valence-corrected chi connectivity index (χ2v) is 7.28. The molecule has 2 heterocycles. The molecule has 0 aliphatic heterocycles. The van der Waals surface area contributed by atoms with Crippen LogP contribution in [-0.4, -0.2) is 40.9 Å². The topological polar surface area (TPSA) is 92.2 Å². The van der Waals surface area contributed by atoms with Crippen molar-refractivity contribution in [2.24, 2.45) is 0 Å².